The van der Waals surface area contributed by atoms with E-state index in [4.69, 9.17) is 10.7 Å². The van der Waals surface area contributed by atoms with Crippen molar-refractivity contribution in [2.24, 2.45) is 0 Å². The molecule has 1 aromatic rings. The Kier molecular flexibility index (Phi) is 2.79. The first-order chi connectivity index (χ1) is 7.07. The molecule has 0 aromatic carbocycles. The van der Waals surface area contributed by atoms with E-state index >= 15 is 0 Å². The largest absolute Gasteiger partial charge is 0.355 e. The fourth-order valence-electron chi connectivity index (χ4n) is 1.55. The van der Waals surface area contributed by atoms with Crippen molar-refractivity contribution in [2.75, 3.05) is 18.0 Å². The molecule has 1 aromatic heterocycles. The molecule has 7 heteroatoms. The molecule has 0 saturated carbocycles. The number of aromatic nitrogens is 2. The molecule has 1 aliphatic rings. The number of hydrogen-bond acceptors (Lipinski definition) is 5. The molecule has 2 heterocycles. The van der Waals surface area contributed by atoms with E-state index in [-0.39, 0.29) is 5.03 Å². The lowest BCUT2D eigenvalue weighted by atomic mass is 10.4. The number of anilines is 1. The van der Waals surface area contributed by atoms with Crippen molar-refractivity contribution in [1.29, 1.82) is 0 Å². The molecule has 0 bridgehead atoms. The van der Waals surface area contributed by atoms with Crippen molar-refractivity contribution in [3.05, 3.63) is 12.4 Å². The van der Waals surface area contributed by atoms with Gasteiger partial charge >= 0.3 is 0 Å². The topological polar surface area (TPSA) is 63.2 Å². The lowest BCUT2D eigenvalue weighted by Crippen LogP contribution is -2.19. The standard InChI is InChI=1S/C8H10ClN3O2S/c9-15(13,14)8-6-10-5-7(11-8)12-3-1-2-4-12/h5-6H,1-4H2. The van der Waals surface area contributed by atoms with Gasteiger partial charge in [-0.05, 0) is 12.8 Å². The Balaban J connectivity index is 2.34. The maximum absolute atomic E-state index is 11.0. The zero-order chi connectivity index (χ0) is 10.9. The molecule has 1 saturated heterocycles. The van der Waals surface area contributed by atoms with Crippen LogP contribution in [0, 0.1) is 0 Å². The van der Waals surface area contributed by atoms with Crippen molar-refractivity contribution in [3.8, 4) is 0 Å². The first-order valence-corrected chi connectivity index (χ1v) is 6.90. The van der Waals surface area contributed by atoms with E-state index in [0.29, 0.717) is 5.82 Å². The van der Waals surface area contributed by atoms with Gasteiger partial charge in [0.05, 0.1) is 12.4 Å². The van der Waals surface area contributed by atoms with Crippen molar-refractivity contribution in [3.63, 3.8) is 0 Å². The average molecular weight is 248 g/mol. The fourth-order valence-corrected chi connectivity index (χ4v) is 2.17. The normalized spacial score (nSPS) is 17.0. The van der Waals surface area contributed by atoms with E-state index in [1.54, 1.807) is 6.20 Å². The number of hydrogen-bond donors (Lipinski definition) is 0. The van der Waals surface area contributed by atoms with E-state index in [2.05, 4.69) is 9.97 Å². The minimum Gasteiger partial charge on any atom is -0.355 e. The molecular formula is C8H10ClN3O2S. The quantitative estimate of drug-likeness (QED) is 0.730. The summed E-state index contributed by atoms with van der Waals surface area (Å²) in [6.45, 7) is 1.78. The first kappa shape index (κ1) is 10.6. The van der Waals surface area contributed by atoms with Gasteiger partial charge in [-0.2, -0.15) is 0 Å². The van der Waals surface area contributed by atoms with Crippen LogP contribution in [0.3, 0.4) is 0 Å². The van der Waals surface area contributed by atoms with Crippen LogP contribution >= 0.6 is 10.7 Å². The SMILES string of the molecule is O=S(=O)(Cl)c1cncc(N2CCCC2)n1. The van der Waals surface area contributed by atoms with Gasteiger partial charge in [0.15, 0.2) is 5.03 Å². The molecule has 82 valence electrons. The zero-order valence-corrected chi connectivity index (χ0v) is 9.50. The summed E-state index contributed by atoms with van der Waals surface area (Å²) in [5, 5.41) is -0.187. The van der Waals surface area contributed by atoms with E-state index in [0.717, 1.165) is 32.1 Å². The third kappa shape index (κ3) is 2.38. The third-order valence-corrected chi connectivity index (χ3v) is 3.45. The molecule has 15 heavy (non-hydrogen) atoms. The molecule has 0 unspecified atom stereocenters. The van der Waals surface area contributed by atoms with Crippen LogP contribution in [0.5, 0.6) is 0 Å². The minimum atomic E-state index is -3.78. The van der Waals surface area contributed by atoms with Crippen LogP contribution in [0.2, 0.25) is 0 Å². The molecule has 0 atom stereocenters. The highest BCUT2D eigenvalue weighted by Gasteiger charge is 2.18. The highest BCUT2D eigenvalue weighted by Crippen LogP contribution is 2.19. The summed E-state index contributed by atoms with van der Waals surface area (Å²) in [5.41, 5.74) is 0. The molecule has 0 aliphatic carbocycles. The molecule has 1 aliphatic heterocycles. The summed E-state index contributed by atoms with van der Waals surface area (Å²) in [4.78, 5) is 9.80. The van der Waals surface area contributed by atoms with Gasteiger partial charge in [-0.3, -0.25) is 4.98 Å². The molecule has 1 fully saturated rings. The first-order valence-electron chi connectivity index (χ1n) is 4.59. The zero-order valence-electron chi connectivity index (χ0n) is 7.93. The maximum Gasteiger partial charge on any atom is 0.280 e. The van der Waals surface area contributed by atoms with Gasteiger partial charge < -0.3 is 4.90 Å². The van der Waals surface area contributed by atoms with E-state index < -0.39 is 9.05 Å². The Hall–Kier alpha value is -0.880. The van der Waals surface area contributed by atoms with Gasteiger partial charge in [0.1, 0.15) is 5.82 Å². The fraction of sp³-hybridized carbons (Fsp3) is 0.500. The molecule has 0 spiro atoms. The lowest BCUT2D eigenvalue weighted by Gasteiger charge is -2.15. The third-order valence-electron chi connectivity index (χ3n) is 2.28. The van der Waals surface area contributed by atoms with E-state index in [1.807, 2.05) is 4.90 Å². The summed E-state index contributed by atoms with van der Waals surface area (Å²) in [6, 6.07) is 0. The van der Waals surface area contributed by atoms with Crippen LogP contribution in [0.4, 0.5) is 5.82 Å². The van der Waals surface area contributed by atoms with Crippen molar-refractivity contribution in [2.45, 2.75) is 17.9 Å². The van der Waals surface area contributed by atoms with Crippen molar-refractivity contribution < 1.29 is 8.42 Å². The van der Waals surface area contributed by atoms with Gasteiger partial charge in [-0.15, -0.1) is 0 Å². The molecule has 0 amide bonds. The minimum absolute atomic E-state index is 0.187. The Morgan fingerprint density at radius 2 is 1.93 bits per heavy atom. The molecular weight excluding hydrogens is 238 g/mol. The second kappa shape index (κ2) is 3.94. The van der Waals surface area contributed by atoms with Gasteiger partial charge in [0.2, 0.25) is 0 Å². The Morgan fingerprint density at radius 3 is 2.53 bits per heavy atom. The predicted octanol–water partition coefficient (Wildman–Crippen LogP) is 1.00. The number of rotatable bonds is 2. The highest BCUT2D eigenvalue weighted by molar-refractivity contribution is 8.13. The predicted molar refractivity (Wildman–Crippen MR) is 56.5 cm³/mol. The average Bonchev–Trinajstić information content (AvgIpc) is 2.69. The molecule has 0 N–H and O–H groups in total. The van der Waals surface area contributed by atoms with Crippen LogP contribution < -0.4 is 4.90 Å². The molecule has 0 radical (unpaired) electrons. The number of nitrogens with zero attached hydrogens (tertiary/aromatic N) is 3. The van der Waals surface area contributed by atoms with Crippen LogP contribution in [0.25, 0.3) is 0 Å². The van der Waals surface area contributed by atoms with E-state index in [9.17, 15) is 8.42 Å². The smallest absolute Gasteiger partial charge is 0.280 e. The van der Waals surface area contributed by atoms with Gasteiger partial charge in [0.25, 0.3) is 9.05 Å². The van der Waals surface area contributed by atoms with Gasteiger partial charge in [-0.25, -0.2) is 13.4 Å². The van der Waals surface area contributed by atoms with Gasteiger partial charge in [0, 0.05) is 23.8 Å². The Labute approximate surface area is 92.5 Å². The second-order valence-electron chi connectivity index (χ2n) is 3.35. The number of halogens is 1. The second-order valence-corrected chi connectivity index (χ2v) is 5.86. The van der Waals surface area contributed by atoms with Crippen molar-refractivity contribution in [1.82, 2.24) is 9.97 Å². The van der Waals surface area contributed by atoms with Gasteiger partial charge in [-0.1, -0.05) is 0 Å². The van der Waals surface area contributed by atoms with Crippen LogP contribution in [-0.4, -0.2) is 31.5 Å². The summed E-state index contributed by atoms with van der Waals surface area (Å²) >= 11 is 0. The maximum atomic E-state index is 11.0. The van der Waals surface area contributed by atoms with Crippen molar-refractivity contribution >= 4 is 25.6 Å². The summed E-state index contributed by atoms with van der Waals surface area (Å²) in [5.74, 6) is 0.578. The monoisotopic (exact) mass is 247 g/mol. The molecule has 2 rings (SSSR count). The molecule has 5 nitrogen and oxygen atoms in total. The van der Waals surface area contributed by atoms with Crippen LogP contribution in [0.15, 0.2) is 17.4 Å². The highest BCUT2D eigenvalue weighted by atomic mass is 35.7. The summed E-state index contributed by atoms with van der Waals surface area (Å²) < 4.78 is 22.1. The lowest BCUT2D eigenvalue weighted by molar-refractivity contribution is 0.605. The van der Waals surface area contributed by atoms with Crippen LogP contribution in [-0.2, 0) is 9.05 Å². The van der Waals surface area contributed by atoms with E-state index in [1.165, 1.54) is 0 Å². The Bertz CT molecular complexity index is 457. The van der Waals surface area contributed by atoms with Crippen LogP contribution in [0.1, 0.15) is 12.8 Å². The Morgan fingerprint density at radius 1 is 1.27 bits per heavy atom. The summed E-state index contributed by atoms with van der Waals surface area (Å²) in [6.07, 6.45) is 4.90. The summed E-state index contributed by atoms with van der Waals surface area (Å²) in [7, 11) is 1.41.